The molecule has 3 rings (SSSR count). The number of aromatic nitrogens is 2. The Morgan fingerprint density at radius 3 is 2.83 bits per heavy atom. The highest BCUT2D eigenvalue weighted by atomic mass is 16.5. The number of rotatable bonds is 6. The number of amides is 1. The van der Waals surface area contributed by atoms with Crippen molar-refractivity contribution in [2.45, 2.75) is 25.4 Å². The van der Waals surface area contributed by atoms with Crippen molar-refractivity contribution in [1.82, 2.24) is 15.1 Å². The van der Waals surface area contributed by atoms with Crippen molar-refractivity contribution >= 4 is 5.91 Å². The number of nitrogens with zero attached hydrogens (tertiary/aromatic N) is 3. The van der Waals surface area contributed by atoms with Crippen LogP contribution in [0.5, 0.6) is 11.6 Å². The van der Waals surface area contributed by atoms with Crippen molar-refractivity contribution in [3.63, 3.8) is 0 Å². The zero-order chi connectivity index (χ0) is 16.8. The number of methoxy groups -OCH3 is 1. The zero-order valence-corrected chi connectivity index (χ0v) is 13.7. The molecule has 0 N–H and O–H groups in total. The number of ether oxygens (including phenoxy) is 2. The first kappa shape index (κ1) is 16.2. The van der Waals surface area contributed by atoms with E-state index in [0.717, 1.165) is 30.7 Å². The molecule has 1 aromatic carbocycles. The molecule has 6 nitrogen and oxygen atoms in total. The van der Waals surface area contributed by atoms with Gasteiger partial charge in [-0.2, -0.15) is 5.10 Å². The Morgan fingerprint density at radius 1 is 1.29 bits per heavy atom. The molecular formula is C18H21N3O3. The second-order valence-electron chi connectivity index (χ2n) is 5.78. The number of carbonyl (C=O) groups is 1. The van der Waals surface area contributed by atoms with Gasteiger partial charge in [-0.05, 0) is 30.2 Å². The van der Waals surface area contributed by atoms with Gasteiger partial charge in [0.1, 0.15) is 11.9 Å². The van der Waals surface area contributed by atoms with Gasteiger partial charge in [-0.1, -0.05) is 12.1 Å². The molecule has 2 heterocycles. The second kappa shape index (κ2) is 7.77. The van der Waals surface area contributed by atoms with Crippen molar-refractivity contribution in [2.24, 2.45) is 0 Å². The zero-order valence-electron chi connectivity index (χ0n) is 13.7. The Labute approximate surface area is 141 Å². The number of carbonyl (C=O) groups excluding carboxylic acids is 1. The molecule has 126 valence electrons. The summed E-state index contributed by atoms with van der Waals surface area (Å²) in [6.45, 7) is 1.34. The highest BCUT2D eigenvalue weighted by Gasteiger charge is 2.27. The van der Waals surface area contributed by atoms with Crippen LogP contribution in [0.25, 0.3) is 0 Å². The van der Waals surface area contributed by atoms with Crippen molar-refractivity contribution in [3.8, 4) is 11.6 Å². The molecule has 1 saturated heterocycles. The van der Waals surface area contributed by atoms with E-state index in [9.17, 15) is 4.79 Å². The molecule has 0 bridgehead atoms. The number of benzene rings is 1. The third-order valence-corrected chi connectivity index (χ3v) is 4.12. The fourth-order valence-corrected chi connectivity index (χ4v) is 2.77. The summed E-state index contributed by atoms with van der Waals surface area (Å²) in [6.07, 6.45) is 3.66. The molecule has 0 saturated carbocycles. The smallest absolute Gasteiger partial charge is 0.233 e. The molecule has 0 spiro atoms. The molecule has 1 aliphatic heterocycles. The molecule has 0 radical (unpaired) electrons. The first-order valence-corrected chi connectivity index (χ1v) is 8.09. The van der Waals surface area contributed by atoms with Gasteiger partial charge in [-0.3, -0.25) is 4.79 Å². The lowest BCUT2D eigenvalue weighted by Crippen LogP contribution is -2.31. The van der Waals surface area contributed by atoms with E-state index in [1.54, 1.807) is 25.4 Å². The Hall–Kier alpha value is -2.63. The predicted molar refractivity (Wildman–Crippen MR) is 89.0 cm³/mol. The molecule has 0 aliphatic carbocycles. The van der Waals surface area contributed by atoms with E-state index in [2.05, 4.69) is 10.2 Å². The van der Waals surface area contributed by atoms with Crippen LogP contribution in [0, 0.1) is 0 Å². The lowest BCUT2D eigenvalue weighted by molar-refractivity contribution is -0.130. The largest absolute Gasteiger partial charge is 0.497 e. The van der Waals surface area contributed by atoms with Crippen molar-refractivity contribution < 1.29 is 14.3 Å². The van der Waals surface area contributed by atoms with Crippen LogP contribution in [0.2, 0.25) is 0 Å². The molecule has 1 aromatic heterocycles. The van der Waals surface area contributed by atoms with E-state index < -0.39 is 0 Å². The fourth-order valence-electron chi connectivity index (χ4n) is 2.77. The van der Waals surface area contributed by atoms with Gasteiger partial charge in [0.05, 0.1) is 13.7 Å². The molecular weight excluding hydrogens is 306 g/mol. The maximum Gasteiger partial charge on any atom is 0.233 e. The number of aryl methyl sites for hydroxylation is 1. The van der Waals surface area contributed by atoms with E-state index in [-0.39, 0.29) is 12.0 Å². The van der Waals surface area contributed by atoms with Crippen molar-refractivity contribution in [1.29, 1.82) is 0 Å². The minimum atomic E-state index is -0.00774. The molecule has 24 heavy (non-hydrogen) atoms. The third kappa shape index (κ3) is 4.22. The molecule has 1 amide bonds. The maximum absolute atomic E-state index is 12.4. The summed E-state index contributed by atoms with van der Waals surface area (Å²) < 4.78 is 10.9. The van der Waals surface area contributed by atoms with E-state index >= 15 is 0 Å². The topological polar surface area (TPSA) is 64.5 Å². The summed E-state index contributed by atoms with van der Waals surface area (Å²) in [6, 6.07) is 11.4. The fraction of sp³-hybridized carbons (Fsp3) is 0.389. The lowest BCUT2D eigenvalue weighted by atomic mass is 10.1. The van der Waals surface area contributed by atoms with Gasteiger partial charge in [0.15, 0.2) is 0 Å². The van der Waals surface area contributed by atoms with Gasteiger partial charge < -0.3 is 14.4 Å². The highest BCUT2D eigenvalue weighted by Crippen LogP contribution is 2.18. The quantitative estimate of drug-likeness (QED) is 0.813. The van der Waals surface area contributed by atoms with Crippen molar-refractivity contribution in [2.75, 3.05) is 20.2 Å². The van der Waals surface area contributed by atoms with E-state index in [0.29, 0.717) is 18.8 Å². The summed E-state index contributed by atoms with van der Waals surface area (Å²) >= 11 is 0. The van der Waals surface area contributed by atoms with Crippen LogP contribution in [-0.4, -0.2) is 47.3 Å². The lowest BCUT2D eigenvalue weighted by Gasteiger charge is -2.17. The number of hydrogen-bond acceptors (Lipinski definition) is 5. The monoisotopic (exact) mass is 327 g/mol. The van der Waals surface area contributed by atoms with Crippen LogP contribution >= 0.6 is 0 Å². The number of likely N-dealkylation sites (tertiary alicyclic amines) is 1. The van der Waals surface area contributed by atoms with Gasteiger partial charge in [0, 0.05) is 31.6 Å². The van der Waals surface area contributed by atoms with Gasteiger partial charge in [0.25, 0.3) is 0 Å². The third-order valence-electron chi connectivity index (χ3n) is 4.12. The summed E-state index contributed by atoms with van der Waals surface area (Å²) in [5.74, 6) is 1.50. The van der Waals surface area contributed by atoms with Crippen LogP contribution < -0.4 is 9.47 Å². The van der Waals surface area contributed by atoms with E-state index in [4.69, 9.17) is 9.47 Å². The van der Waals surface area contributed by atoms with Gasteiger partial charge in [-0.25, -0.2) is 0 Å². The summed E-state index contributed by atoms with van der Waals surface area (Å²) in [5.41, 5.74) is 1.13. The van der Waals surface area contributed by atoms with E-state index in [1.165, 1.54) is 0 Å². The molecule has 2 aromatic rings. The normalized spacial score (nSPS) is 16.9. The average molecular weight is 327 g/mol. The van der Waals surface area contributed by atoms with Gasteiger partial charge in [-0.15, -0.1) is 5.10 Å². The maximum atomic E-state index is 12.4. The second-order valence-corrected chi connectivity index (χ2v) is 5.78. The SMILES string of the molecule is COc1ccc(CCC(=O)N2CCC(Oc3cccnn3)C2)cc1. The highest BCUT2D eigenvalue weighted by molar-refractivity contribution is 5.76. The molecule has 1 fully saturated rings. The Morgan fingerprint density at radius 2 is 2.12 bits per heavy atom. The molecule has 6 heteroatoms. The first-order chi connectivity index (χ1) is 11.7. The van der Waals surface area contributed by atoms with Crippen LogP contribution in [0.1, 0.15) is 18.4 Å². The average Bonchev–Trinajstić information content (AvgIpc) is 3.09. The van der Waals surface area contributed by atoms with E-state index in [1.807, 2.05) is 29.2 Å². The molecule has 1 aliphatic rings. The van der Waals surface area contributed by atoms with Gasteiger partial charge in [0.2, 0.25) is 11.8 Å². The Balaban J connectivity index is 1.45. The molecule has 1 atom stereocenters. The van der Waals surface area contributed by atoms with Crippen LogP contribution in [0.3, 0.4) is 0 Å². The summed E-state index contributed by atoms with van der Waals surface area (Å²) in [5, 5.41) is 7.71. The standard InChI is InChI=1S/C18H21N3O3/c1-23-15-7-4-14(5-8-15)6-9-18(22)21-12-10-16(13-21)24-17-3-2-11-19-20-17/h2-5,7-8,11,16H,6,9-10,12-13H2,1H3. The summed E-state index contributed by atoms with van der Waals surface area (Å²) in [7, 11) is 1.64. The predicted octanol–water partition coefficient (Wildman–Crippen LogP) is 2.10. The molecule has 1 unspecified atom stereocenters. The first-order valence-electron chi connectivity index (χ1n) is 8.09. The minimum absolute atomic E-state index is 0.00774. The van der Waals surface area contributed by atoms with Crippen LogP contribution in [0.15, 0.2) is 42.6 Å². The van der Waals surface area contributed by atoms with Crippen LogP contribution in [-0.2, 0) is 11.2 Å². The minimum Gasteiger partial charge on any atom is -0.497 e. The van der Waals surface area contributed by atoms with Crippen LogP contribution in [0.4, 0.5) is 0 Å². The Kier molecular flexibility index (Phi) is 5.25. The number of hydrogen-bond donors (Lipinski definition) is 0. The van der Waals surface area contributed by atoms with Crippen molar-refractivity contribution in [3.05, 3.63) is 48.2 Å². The Bertz CT molecular complexity index is 661. The summed E-state index contributed by atoms with van der Waals surface area (Å²) in [4.78, 5) is 14.2. The van der Waals surface area contributed by atoms with Gasteiger partial charge >= 0.3 is 0 Å².